The Labute approximate surface area is 119 Å². The molecule has 2 aromatic rings. The van der Waals surface area contributed by atoms with E-state index >= 15 is 0 Å². The van der Waals surface area contributed by atoms with E-state index in [1.807, 2.05) is 0 Å². The monoisotopic (exact) mass is 324 g/mol. The molecule has 0 saturated carbocycles. The zero-order chi connectivity index (χ0) is 13.7. The van der Waals surface area contributed by atoms with Gasteiger partial charge in [0, 0.05) is 24.1 Å². The van der Waals surface area contributed by atoms with Crippen LogP contribution in [0.1, 0.15) is 5.56 Å². The topological polar surface area (TPSA) is 49.8 Å². The lowest BCUT2D eigenvalue weighted by atomic mass is 10.1. The minimum Gasteiger partial charge on any atom is -0.373 e. The van der Waals surface area contributed by atoms with Gasteiger partial charge in [0.25, 0.3) is 0 Å². The summed E-state index contributed by atoms with van der Waals surface area (Å²) in [5, 5.41) is 6.08. The van der Waals surface area contributed by atoms with Crippen molar-refractivity contribution in [1.29, 1.82) is 0 Å². The molecule has 0 amide bonds. The minimum atomic E-state index is -0.191. The van der Waals surface area contributed by atoms with Crippen LogP contribution < -0.4 is 10.6 Å². The molecule has 1 aromatic heterocycles. The van der Waals surface area contributed by atoms with Crippen molar-refractivity contribution in [3.63, 3.8) is 0 Å². The molecular weight excluding hydrogens is 311 g/mol. The number of nitrogens with zero attached hydrogens (tertiary/aromatic N) is 2. The summed E-state index contributed by atoms with van der Waals surface area (Å²) in [6.45, 7) is 0.605. The molecule has 0 fully saturated rings. The first-order valence-electron chi connectivity index (χ1n) is 5.86. The van der Waals surface area contributed by atoms with E-state index < -0.39 is 0 Å². The molecule has 0 unspecified atom stereocenters. The van der Waals surface area contributed by atoms with Crippen LogP contribution in [0.3, 0.4) is 0 Å². The van der Waals surface area contributed by atoms with E-state index in [0.717, 1.165) is 16.1 Å². The van der Waals surface area contributed by atoms with Crippen LogP contribution in [0.15, 0.2) is 35.1 Å². The van der Waals surface area contributed by atoms with Crippen molar-refractivity contribution in [1.82, 2.24) is 9.97 Å². The van der Waals surface area contributed by atoms with Crippen LogP contribution in [0.4, 0.5) is 16.0 Å². The number of benzene rings is 1. The molecule has 1 heterocycles. The van der Waals surface area contributed by atoms with Crippen molar-refractivity contribution in [2.45, 2.75) is 6.42 Å². The molecule has 0 aliphatic rings. The number of anilines is 2. The molecule has 19 heavy (non-hydrogen) atoms. The van der Waals surface area contributed by atoms with Crippen LogP contribution in [-0.2, 0) is 6.42 Å². The van der Waals surface area contributed by atoms with Crippen LogP contribution >= 0.6 is 15.9 Å². The van der Waals surface area contributed by atoms with Crippen LogP contribution in [0.2, 0.25) is 0 Å². The molecule has 2 N–H and O–H groups in total. The standard InChI is InChI=1S/C13H14BrFN4/c1-16-12-7-13(19-8-18-12)17-5-4-9-6-10(14)2-3-11(9)15/h2-3,6-8H,4-5H2,1H3,(H2,16,17,18,19). The van der Waals surface area contributed by atoms with Gasteiger partial charge in [-0.15, -0.1) is 0 Å². The van der Waals surface area contributed by atoms with Gasteiger partial charge in [-0.1, -0.05) is 15.9 Å². The highest BCUT2D eigenvalue weighted by Crippen LogP contribution is 2.16. The first-order valence-corrected chi connectivity index (χ1v) is 6.66. The fourth-order valence-corrected chi connectivity index (χ4v) is 2.06. The van der Waals surface area contributed by atoms with Crippen LogP contribution in [-0.4, -0.2) is 23.6 Å². The average molecular weight is 325 g/mol. The molecule has 4 nitrogen and oxygen atoms in total. The number of halogens is 2. The summed E-state index contributed by atoms with van der Waals surface area (Å²) < 4.78 is 14.4. The lowest BCUT2D eigenvalue weighted by molar-refractivity contribution is 0.610. The Morgan fingerprint density at radius 3 is 2.79 bits per heavy atom. The molecule has 1 aromatic carbocycles. The van der Waals surface area contributed by atoms with Gasteiger partial charge >= 0.3 is 0 Å². The Morgan fingerprint density at radius 2 is 2.00 bits per heavy atom. The molecule has 0 atom stereocenters. The van der Waals surface area contributed by atoms with Crippen molar-refractivity contribution in [3.8, 4) is 0 Å². The summed E-state index contributed by atoms with van der Waals surface area (Å²) in [6, 6.07) is 6.74. The van der Waals surface area contributed by atoms with Crippen LogP contribution in [0, 0.1) is 5.82 Å². The summed E-state index contributed by atoms with van der Waals surface area (Å²) in [4.78, 5) is 8.11. The molecular formula is C13H14BrFN4. The van der Waals surface area contributed by atoms with Crippen molar-refractivity contribution in [2.24, 2.45) is 0 Å². The van der Waals surface area contributed by atoms with E-state index in [1.54, 1.807) is 25.2 Å². The van der Waals surface area contributed by atoms with Gasteiger partial charge in [0.1, 0.15) is 23.8 Å². The van der Waals surface area contributed by atoms with E-state index in [-0.39, 0.29) is 5.82 Å². The molecule has 0 aliphatic carbocycles. The van der Waals surface area contributed by atoms with Crippen LogP contribution in [0.5, 0.6) is 0 Å². The second-order valence-corrected chi connectivity index (χ2v) is 4.87. The Balaban J connectivity index is 1.94. The van der Waals surface area contributed by atoms with Crippen LogP contribution in [0.25, 0.3) is 0 Å². The van der Waals surface area contributed by atoms with Crippen molar-refractivity contribution in [2.75, 3.05) is 24.2 Å². The fraction of sp³-hybridized carbons (Fsp3) is 0.231. The Kier molecular flexibility index (Phi) is 4.68. The largest absolute Gasteiger partial charge is 0.373 e. The van der Waals surface area contributed by atoms with Gasteiger partial charge in [-0.2, -0.15) is 0 Å². The third kappa shape index (κ3) is 3.89. The predicted molar refractivity (Wildman–Crippen MR) is 77.9 cm³/mol. The van der Waals surface area contributed by atoms with E-state index in [2.05, 4.69) is 36.5 Å². The smallest absolute Gasteiger partial charge is 0.131 e. The van der Waals surface area contributed by atoms with Gasteiger partial charge in [0.15, 0.2) is 0 Å². The number of hydrogen-bond donors (Lipinski definition) is 2. The third-order valence-electron chi connectivity index (χ3n) is 2.63. The van der Waals surface area contributed by atoms with Gasteiger partial charge in [-0.3, -0.25) is 0 Å². The zero-order valence-corrected chi connectivity index (χ0v) is 12.0. The first-order chi connectivity index (χ1) is 9.19. The quantitative estimate of drug-likeness (QED) is 0.887. The third-order valence-corrected chi connectivity index (χ3v) is 3.12. The summed E-state index contributed by atoms with van der Waals surface area (Å²) in [7, 11) is 1.79. The van der Waals surface area contributed by atoms with E-state index in [1.165, 1.54) is 12.4 Å². The Morgan fingerprint density at radius 1 is 1.21 bits per heavy atom. The number of aromatic nitrogens is 2. The highest BCUT2D eigenvalue weighted by Gasteiger charge is 2.03. The summed E-state index contributed by atoms with van der Waals surface area (Å²) in [5.41, 5.74) is 0.671. The molecule has 100 valence electrons. The lowest BCUT2D eigenvalue weighted by Gasteiger charge is -2.07. The van der Waals surface area contributed by atoms with Gasteiger partial charge in [-0.05, 0) is 30.2 Å². The molecule has 6 heteroatoms. The maximum atomic E-state index is 13.5. The normalized spacial score (nSPS) is 10.3. The highest BCUT2D eigenvalue weighted by atomic mass is 79.9. The Bertz CT molecular complexity index is 562. The van der Waals surface area contributed by atoms with Gasteiger partial charge in [-0.25, -0.2) is 14.4 Å². The fourth-order valence-electron chi connectivity index (χ4n) is 1.65. The predicted octanol–water partition coefficient (Wildman–Crippen LogP) is 3.07. The second kappa shape index (κ2) is 6.47. The number of rotatable bonds is 5. The van der Waals surface area contributed by atoms with E-state index in [0.29, 0.717) is 18.5 Å². The highest BCUT2D eigenvalue weighted by molar-refractivity contribution is 9.10. The molecule has 0 radical (unpaired) electrons. The average Bonchev–Trinajstić information content (AvgIpc) is 2.43. The molecule has 0 bridgehead atoms. The zero-order valence-electron chi connectivity index (χ0n) is 10.5. The van der Waals surface area contributed by atoms with E-state index in [4.69, 9.17) is 0 Å². The summed E-state index contributed by atoms with van der Waals surface area (Å²) in [6.07, 6.45) is 2.07. The molecule has 0 aliphatic heterocycles. The van der Waals surface area contributed by atoms with Crippen molar-refractivity contribution < 1.29 is 4.39 Å². The maximum absolute atomic E-state index is 13.5. The number of nitrogens with one attached hydrogen (secondary N) is 2. The minimum absolute atomic E-state index is 0.191. The van der Waals surface area contributed by atoms with Crippen molar-refractivity contribution in [3.05, 3.63) is 46.4 Å². The molecule has 2 rings (SSSR count). The first kappa shape index (κ1) is 13.7. The van der Waals surface area contributed by atoms with Gasteiger partial charge < -0.3 is 10.6 Å². The van der Waals surface area contributed by atoms with Gasteiger partial charge in [0.2, 0.25) is 0 Å². The van der Waals surface area contributed by atoms with Crippen molar-refractivity contribution >= 4 is 27.6 Å². The second-order valence-electron chi connectivity index (χ2n) is 3.95. The summed E-state index contributed by atoms with van der Waals surface area (Å²) in [5.74, 6) is 1.27. The SMILES string of the molecule is CNc1cc(NCCc2cc(Br)ccc2F)ncn1. The maximum Gasteiger partial charge on any atom is 0.131 e. The van der Waals surface area contributed by atoms with Gasteiger partial charge in [0.05, 0.1) is 0 Å². The summed E-state index contributed by atoms with van der Waals surface area (Å²) >= 11 is 3.34. The lowest BCUT2D eigenvalue weighted by Crippen LogP contribution is -2.08. The molecule has 0 saturated heterocycles. The van der Waals surface area contributed by atoms with E-state index in [9.17, 15) is 4.39 Å². The number of hydrogen-bond acceptors (Lipinski definition) is 4. The molecule has 0 spiro atoms. The Hall–Kier alpha value is -1.69.